The van der Waals surface area contributed by atoms with Crippen LogP contribution in [0.4, 0.5) is 0 Å². The van der Waals surface area contributed by atoms with Gasteiger partial charge in [-0.2, -0.15) is 0 Å². The van der Waals surface area contributed by atoms with Gasteiger partial charge in [-0.1, -0.05) is 0 Å². The van der Waals surface area contributed by atoms with E-state index >= 15 is 0 Å². The molecule has 1 atom stereocenters. The van der Waals surface area contributed by atoms with Gasteiger partial charge in [-0.25, -0.2) is 4.98 Å². The van der Waals surface area contributed by atoms with E-state index in [2.05, 4.69) is 16.5 Å². The molecule has 28 heavy (non-hydrogen) atoms. The minimum atomic E-state index is -0.0979. The van der Waals surface area contributed by atoms with Crippen molar-refractivity contribution in [2.45, 2.75) is 52.6 Å². The Kier molecular flexibility index (Phi) is 4.97. The molecule has 6 nitrogen and oxygen atoms in total. The number of hydrogen-bond donors (Lipinski definition) is 0. The molecule has 7 heteroatoms. The van der Waals surface area contributed by atoms with E-state index in [1.54, 1.807) is 18.4 Å². The number of nitrogens with zero attached hydrogens (tertiary/aromatic N) is 3. The molecule has 0 fully saturated rings. The van der Waals surface area contributed by atoms with Gasteiger partial charge in [-0.3, -0.25) is 14.2 Å². The van der Waals surface area contributed by atoms with Crippen molar-refractivity contribution in [1.82, 2.24) is 14.1 Å². The Hall–Kier alpha value is -2.25. The normalized spacial score (nSPS) is 14.6. The average molecular weight is 400 g/mol. The highest BCUT2D eigenvalue weighted by atomic mass is 32.1. The maximum atomic E-state index is 13.0. The topological polar surface area (TPSA) is 66.1 Å². The van der Waals surface area contributed by atoms with E-state index in [0.29, 0.717) is 17.6 Å². The Bertz CT molecular complexity index is 1120. The second-order valence-electron chi connectivity index (χ2n) is 7.60. The minimum absolute atomic E-state index is 0.00927. The molecule has 0 N–H and O–H groups in total. The number of aryl methyl sites for hydroxylation is 3. The summed E-state index contributed by atoms with van der Waals surface area (Å²) in [5.74, 6) is -0.0703. The fourth-order valence-corrected chi connectivity index (χ4v) is 5.64. The Morgan fingerprint density at radius 3 is 2.89 bits per heavy atom. The van der Waals surface area contributed by atoms with Crippen LogP contribution in [0, 0.1) is 13.8 Å². The third kappa shape index (κ3) is 3.02. The Balaban J connectivity index is 1.67. The second kappa shape index (κ2) is 7.29. The fourth-order valence-electron chi connectivity index (χ4n) is 4.43. The third-order valence-corrected chi connectivity index (χ3v) is 6.84. The van der Waals surface area contributed by atoms with E-state index in [4.69, 9.17) is 4.74 Å². The highest BCUT2D eigenvalue weighted by molar-refractivity contribution is 7.18. The van der Waals surface area contributed by atoms with E-state index in [9.17, 15) is 9.59 Å². The summed E-state index contributed by atoms with van der Waals surface area (Å²) in [6.45, 7) is 6.59. The molecule has 1 aliphatic carbocycles. The first kappa shape index (κ1) is 19.1. The number of methoxy groups -OCH3 is 1. The zero-order chi connectivity index (χ0) is 20.0. The van der Waals surface area contributed by atoms with Gasteiger partial charge in [0.25, 0.3) is 5.56 Å². The zero-order valence-corrected chi connectivity index (χ0v) is 17.6. The molecule has 0 radical (unpaired) electrons. The van der Waals surface area contributed by atoms with Crippen LogP contribution in [0.5, 0.6) is 0 Å². The fraction of sp³-hybridized carbons (Fsp3) is 0.476. The molecule has 0 aromatic carbocycles. The lowest BCUT2D eigenvalue weighted by molar-refractivity contribution is 0.0969. The van der Waals surface area contributed by atoms with Crippen molar-refractivity contribution in [3.63, 3.8) is 0 Å². The number of rotatable bonds is 6. The van der Waals surface area contributed by atoms with E-state index < -0.39 is 0 Å². The van der Waals surface area contributed by atoms with Gasteiger partial charge < -0.3 is 9.30 Å². The molecule has 0 unspecified atom stereocenters. The molecule has 3 aromatic rings. The number of fused-ring (bicyclic) bond motifs is 3. The van der Waals surface area contributed by atoms with Crippen LogP contribution in [0.1, 0.15) is 51.6 Å². The first-order chi connectivity index (χ1) is 13.4. The van der Waals surface area contributed by atoms with Gasteiger partial charge in [0.05, 0.1) is 30.9 Å². The summed E-state index contributed by atoms with van der Waals surface area (Å²) in [7, 11) is 1.67. The van der Waals surface area contributed by atoms with Crippen LogP contribution >= 0.6 is 11.3 Å². The molecular weight excluding hydrogens is 374 g/mol. The molecule has 4 rings (SSSR count). The molecule has 0 aliphatic heterocycles. The minimum Gasteiger partial charge on any atom is -0.383 e. The van der Waals surface area contributed by atoms with E-state index in [0.717, 1.165) is 41.0 Å². The van der Waals surface area contributed by atoms with Gasteiger partial charge in [0.15, 0.2) is 5.78 Å². The molecule has 0 spiro atoms. The maximum absolute atomic E-state index is 13.0. The van der Waals surface area contributed by atoms with Crippen molar-refractivity contribution in [1.29, 1.82) is 0 Å². The molecule has 1 aliphatic rings. The predicted octanol–water partition coefficient (Wildman–Crippen LogP) is 3.46. The van der Waals surface area contributed by atoms with Gasteiger partial charge >= 0.3 is 0 Å². The number of aromatic nitrogens is 3. The molecule has 0 saturated heterocycles. The van der Waals surface area contributed by atoms with Crippen LogP contribution < -0.4 is 5.56 Å². The van der Waals surface area contributed by atoms with Crippen LogP contribution in [0.25, 0.3) is 10.2 Å². The summed E-state index contributed by atoms with van der Waals surface area (Å²) in [6, 6.07) is 2.05. The highest BCUT2D eigenvalue weighted by Crippen LogP contribution is 2.34. The standard InChI is InChI=1S/C21H25N3O3S/c1-12-8-16(14(3)24(12)13(2)10-27-4)17(25)9-23-11-22-20-19(21(23)26)15-6-5-7-18(15)28-20/h8,11,13H,5-7,9-10H2,1-4H3/t13-/m1/s1. The lowest BCUT2D eigenvalue weighted by atomic mass is 10.1. The molecule has 0 saturated carbocycles. The summed E-state index contributed by atoms with van der Waals surface area (Å²) < 4.78 is 8.84. The molecule has 3 aromatic heterocycles. The number of hydrogen-bond acceptors (Lipinski definition) is 5. The number of ketones is 1. The van der Waals surface area contributed by atoms with Crippen LogP contribution in [-0.4, -0.2) is 33.6 Å². The lowest BCUT2D eigenvalue weighted by Crippen LogP contribution is -2.25. The van der Waals surface area contributed by atoms with E-state index in [1.807, 2.05) is 19.9 Å². The zero-order valence-electron chi connectivity index (χ0n) is 16.7. The summed E-state index contributed by atoms with van der Waals surface area (Å²) in [5, 5.41) is 0.715. The lowest BCUT2D eigenvalue weighted by Gasteiger charge is -2.17. The van der Waals surface area contributed by atoms with Crippen molar-refractivity contribution >= 4 is 27.3 Å². The van der Waals surface area contributed by atoms with Crippen LogP contribution in [0.3, 0.4) is 0 Å². The number of Topliss-reactive ketones (excluding diaryl/α,β-unsaturated/α-hetero) is 1. The Morgan fingerprint density at radius 2 is 2.14 bits per heavy atom. The summed E-state index contributed by atoms with van der Waals surface area (Å²) >= 11 is 1.62. The van der Waals surface area contributed by atoms with Crippen LogP contribution in [0.2, 0.25) is 0 Å². The highest BCUT2D eigenvalue weighted by Gasteiger charge is 2.23. The third-order valence-electron chi connectivity index (χ3n) is 5.64. The molecule has 0 amide bonds. The van der Waals surface area contributed by atoms with Crippen molar-refractivity contribution in [3.05, 3.63) is 50.1 Å². The van der Waals surface area contributed by atoms with E-state index in [1.165, 1.54) is 15.8 Å². The Labute approximate surface area is 167 Å². The first-order valence-corrected chi connectivity index (χ1v) is 10.4. The predicted molar refractivity (Wildman–Crippen MR) is 111 cm³/mol. The first-order valence-electron chi connectivity index (χ1n) is 9.62. The summed E-state index contributed by atoms with van der Waals surface area (Å²) in [5.41, 5.74) is 3.63. The number of thiophene rings is 1. The number of carbonyl (C=O) groups is 1. The van der Waals surface area contributed by atoms with Gasteiger partial charge in [0.2, 0.25) is 0 Å². The molecule has 3 heterocycles. The SMILES string of the molecule is COC[C@@H](C)n1c(C)cc(C(=O)Cn2cnc3sc4c(c3c2=O)CCC4)c1C. The Morgan fingerprint density at radius 1 is 1.36 bits per heavy atom. The summed E-state index contributed by atoms with van der Waals surface area (Å²) in [4.78, 5) is 32.6. The quantitative estimate of drug-likeness (QED) is 0.596. The second-order valence-corrected chi connectivity index (χ2v) is 8.68. The van der Waals surface area contributed by atoms with Crippen molar-refractivity contribution in [2.75, 3.05) is 13.7 Å². The largest absolute Gasteiger partial charge is 0.383 e. The van der Waals surface area contributed by atoms with Gasteiger partial charge in [-0.15, -0.1) is 11.3 Å². The van der Waals surface area contributed by atoms with Gasteiger partial charge in [-0.05, 0) is 51.7 Å². The van der Waals surface area contributed by atoms with Crippen LogP contribution in [0.15, 0.2) is 17.2 Å². The number of carbonyl (C=O) groups excluding carboxylic acids is 1. The summed E-state index contributed by atoms with van der Waals surface area (Å²) in [6.07, 6.45) is 4.57. The number of ether oxygens (including phenoxy) is 1. The average Bonchev–Trinajstić information content (AvgIpc) is 3.30. The van der Waals surface area contributed by atoms with Crippen molar-refractivity contribution in [2.24, 2.45) is 0 Å². The van der Waals surface area contributed by atoms with E-state index in [-0.39, 0.29) is 23.9 Å². The van der Waals surface area contributed by atoms with Crippen molar-refractivity contribution < 1.29 is 9.53 Å². The maximum Gasteiger partial charge on any atom is 0.262 e. The van der Waals surface area contributed by atoms with Gasteiger partial charge in [0, 0.05) is 28.9 Å². The molecule has 0 bridgehead atoms. The molecule has 148 valence electrons. The van der Waals surface area contributed by atoms with Crippen molar-refractivity contribution in [3.8, 4) is 0 Å². The smallest absolute Gasteiger partial charge is 0.262 e. The molecular formula is C21H25N3O3S. The monoisotopic (exact) mass is 399 g/mol. The van der Waals surface area contributed by atoms with Gasteiger partial charge in [0.1, 0.15) is 4.83 Å². The van der Waals surface area contributed by atoms with Crippen LogP contribution in [-0.2, 0) is 24.1 Å².